The molecule has 4 heteroatoms. The summed E-state index contributed by atoms with van der Waals surface area (Å²) in [4.78, 5) is 23.5. The average molecular weight is 262 g/mol. The molecule has 0 heterocycles. The highest BCUT2D eigenvalue weighted by Crippen LogP contribution is 2.33. The van der Waals surface area contributed by atoms with Crippen LogP contribution in [0.2, 0.25) is 0 Å². The zero-order valence-electron chi connectivity index (χ0n) is 12.2. The molecule has 1 aromatic carbocycles. The van der Waals surface area contributed by atoms with Gasteiger partial charge in [-0.05, 0) is 41.5 Å². The monoisotopic (exact) mass is 262 g/mol. The topological polar surface area (TPSA) is 86.2 Å². The summed E-state index contributed by atoms with van der Waals surface area (Å²) in [5, 5.41) is 0. The van der Waals surface area contributed by atoms with Crippen molar-refractivity contribution in [2.45, 2.75) is 46.5 Å². The Morgan fingerprint density at radius 3 is 1.74 bits per heavy atom. The molecular weight excluding hydrogens is 240 g/mol. The van der Waals surface area contributed by atoms with E-state index in [9.17, 15) is 9.59 Å². The lowest BCUT2D eigenvalue weighted by Gasteiger charge is -2.22. The van der Waals surface area contributed by atoms with Crippen LogP contribution in [0.25, 0.3) is 0 Å². The number of aryl methyl sites for hydroxylation is 1. The van der Waals surface area contributed by atoms with Crippen LogP contribution in [0, 0.1) is 6.92 Å². The van der Waals surface area contributed by atoms with Crippen molar-refractivity contribution >= 4 is 11.8 Å². The molecule has 0 atom stereocenters. The molecule has 4 N–H and O–H groups in total. The van der Waals surface area contributed by atoms with Crippen molar-refractivity contribution in [3.05, 3.63) is 33.9 Å². The molecule has 0 aliphatic carbocycles. The molecule has 0 unspecified atom stereocenters. The van der Waals surface area contributed by atoms with Gasteiger partial charge >= 0.3 is 0 Å². The van der Waals surface area contributed by atoms with E-state index >= 15 is 0 Å². The summed E-state index contributed by atoms with van der Waals surface area (Å²) in [7, 11) is 0. The van der Waals surface area contributed by atoms with Crippen LogP contribution in [0.1, 0.15) is 76.9 Å². The summed E-state index contributed by atoms with van der Waals surface area (Å²) in [6, 6.07) is 1.76. The van der Waals surface area contributed by atoms with Crippen LogP contribution in [0.4, 0.5) is 0 Å². The smallest absolute Gasteiger partial charge is 0.249 e. The fourth-order valence-corrected chi connectivity index (χ4v) is 2.66. The first-order chi connectivity index (χ1) is 8.68. The molecule has 0 aliphatic heterocycles. The molecule has 0 aromatic heterocycles. The summed E-state index contributed by atoms with van der Waals surface area (Å²) in [5.74, 6) is -0.867. The fraction of sp³-hybridized carbons (Fsp3) is 0.467. The highest BCUT2D eigenvalue weighted by Gasteiger charge is 2.25. The van der Waals surface area contributed by atoms with E-state index in [0.29, 0.717) is 16.7 Å². The molecular formula is C15H22N2O2. The maximum Gasteiger partial charge on any atom is 0.249 e. The Balaban J connectivity index is 3.87. The maximum absolute atomic E-state index is 11.8. The van der Waals surface area contributed by atoms with E-state index in [1.54, 1.807) is 6.07 Å². The third-order valence-electron chi connectivity index (χ3n) is 3.28. The van der Waals surface area contributed by atoms with Crippen LogP contribution in [0.5, 0.6) is 0 Å². The number of hydrogen-bond donors (Lipinski definition) is 2. The van der Waals surface area contributed by atoms with Crippen molar-refractivity contribution in [2.24, 2.45) is 11.5 Å². The minimum atomic E-state index is -0.524. The van der Waals surface area contributed by atoms with E-state index in [0.717, 1.165) is 11.1 Å². The van der Waals surface area contributed by atoms with Crippen LogP contribution in [-0.2, 0) is 0 Å². The average Bonchev–Trinajstić information content (AvgIpc) is 2.25. The van der Waals surface area contributed by atoms with Crippen molar-refractivity contribution in [2.75, 3.05) is 0 Å². The summed E-state index contributed by atoms with van der Waals surface area (Å²) >= 11 is 0. The lowest BCUT2D eigenvalue weighted by Crippen LogP contribution is -2.24. The second-order valence-electron chi connectivity index (χ2n) is 5.48. The first-order valence-corrected chi connectivity index (χ1v) is 6.45. The number of primary amides is 2. The lowest BCUT2D eigenvalue weighted by atomic mass is 9.82. The lowest BCUT2D eigenvalue weighted by molar-refractivity contribution is 0.0997. The molecule has 4 nitrogen and oxygen atoms in total. The molecule has 1 rings (SSSR count). The van der Waals surface area contributed by atoms with Gasteiger partial charge in [-0.25, -0.2) is 0 Å². The van der Waals surface area contributed by atoms with Gasteiger partial charge < -0.3 is 11.5 Å². The van der Waals surface area contributed by atoms with Gasteiger partial charge in [0.25, 0.3) is 0 Å². The van der Waals surface area contributed by atoms with Crippen molar-refractivity contribution in [1.82, 2.24) is 0 Å². The van der Waals surface area contributed by atoms with Gasteiger partial charge in [0.05, 0.1) is 0 Å². The molecule has 0 fully saturated rings. The quantitative estimate of drug-likeness (QED) is 0.873. The van der Waals surface area contributed by atoms with Crippen LogP contribution in [0.15, 0.2) is 6.07 Å². The van der Waals surface area contributed by atoms with Gasteiger partial charge in [0.1, 0.15) is 0 Å². The second kappa shape index (κ2) is 5.43. The Bertz CT molecular complexity index is 531. The number of hydrogen-bond acceptors (Lipinski definition) is 2. The van der Waals surface area contributed by atoms with E-state index in [4.69, 9.17) is 11.5 Å². The molecule has 0 bridgehead atoms. The van der Waals surface area contributed by atoms with Crippen molar-refractivity contribution in [1.29, 1.82) is 0 Å². The Morgan fingerprint density at radius 1 is 0.947 bits per heavy atom. The summed E-state index contributed by atoms with van der Waals surface area (Å²) in [5.41, 5.74) is 14.3. The Labute approximate surface area is 114 Å². The highest BCUT2D eigenvalue weighted by molar-refractivity contribution is 6.03. The zero-order chi connectivity index (χ0) is 14.9. The zero-order valence-corrected chi connectivity index (χ0v) is 12.2. The number of rotatable bonds is 4. The van der Waals surface area contributed by atoms with Gasteiger partial charge in [0, 0.05) is 11.1 Å². The van der Waals surface area contributed by atoms with Crippen LogP contribution in [0.3, 0.4) is 0 Å². The van der Waals surface area contributed by atoms with Crippen LogP contribution < -0.4 is 11.5 Å². The van der Waals surface area contributed by atoms with Gasteiger partial charge in [0.2, 0.25) is 11.8 Å². The van der Waals surface area contributed by atoms with E-state index in [1.165, 1.54) is 0 Å². The third-order valence-corrected chi connectivity index (χ3v) is 3.28. The van der Waals surface area contributed by atoms with Crippen molar-refractivity contribution < 1.29 is 9.59 Å². The molecule has 2 amide bonds. The molecule has 0 saturated carbocycles. The van der Waals surface area contributed by atoms with Gasteiger partial charge in [0.15, 0.2) is 0 Å². The fourth-order valence-electron chi connectivity index (χ4n) is 2.66. The van der Waals surface area contributed by atoms with Crippen molar-refractivity contribution in [3.63, 3.8) is 0 Å². The predicted octanol–water partition coefficient (Wildman–Crippen LogP) is 2.44. The molecule has 0 spiro atoms. The first kappa shape index (κ1) is 15.2. The maximum atomic E-state index is 11.8. The minimum Gasteiger partial charge on any atom is -0.366 e. The third kappa shape index (κ3) is 2.78. The Hall–Kier alpha value is -1.84. The number of benzene rings is 1. The SMILES string of the molecule is Cc1cc(C(N)=O)c(C(C)C)c(C(N)=O)c1C(C)C. The highest BCUT2D eigenvalue weighted by atomic mass is 16.1. The summed E-state index contributed by atoms with van der Waals surface area (Å²) in [6.07, 6.45) is 0. The van der Waals surface area contributed by atoms with E-state index in [1.807, 2.05) is 34.6 Å². The molecule has 104 valence electrons. The van der Waals surface area contributed by atoms with E-state index in [2.05, 4.69) is 0 Å². The molecule has 0 radical (unpaired) electrons. The Morgan fingerprint density at radius 2 is 1.42 bits per heavy atom. The van der Waals surface area contributed by atoms with Gasteiger partial charge in [-0.15, -0.1) is 0 Å². The largest absolute Gasteiger partial charge is 0.366 e. The summed E-state index contributed by atoms with van der Waals surface area (Å²) in [6.45, 7) is 9.73. The van der Waals surface area contributed by atoms with Gasteiger partial charge in [-0.1, -0.05) is 27.7 Å². The standard InChI is InChI=1S/C15H22N2O2/c1-7(2)11-9(5)6-10(14(16)18)12(8(3)4)13(11)15(17)19/h6-8H,1-5H3,(H2,16,18)(H2,17,19). The molecule has 0 aliphatic rings. The summed E-state index contributed by atoms with van der Waals surface area (Å²) < 4.78 is 0. The van der Waals surface area contributed by atoms with Crippen LogP contribution >= 0.6 is 0 Å². The second-order valence-corrected chi connectivity index (χ2v) is 5.48. The normalized spacial score (nSPS) is 11.1. The first-order valence-electron chi connectivity index (χ1n) is 6.45. The van der Waals surface area contributed by atoms with Crippen molar-refractivity contribution in [3.8, 4) is 0 Å². The molecule has 19 heavy (non-hydrogen) atoms. The Kier molecular flexibility index (Phi) is 4.35. The van der Waals surface area contributed by atoms with E-state index < -0.39 is 11.8 Å². The van der Waals surface area contributed by atoms with Gasteiger partial charge in [-0.2, -0.15) is 0 Å². The minimum absolute atomic E-state index is 0.00287. The number of carbonyl (C=O) groups excluding carboxylic acids is 2. The van der Waals surface area contributed by atoms with Crippen LogP contribution in [-0.4, -0.2) is 11.8 Å². The number of carbonyl (C=O) groups is 2. The van der Waals surface area contributed by atoms with Gasteiger partial charge in [-0.3, -0.25) is 9.59 Å². The molecule has 1 aromatic rings. The number of nitrogens with two attached hydrogens (primary N) is 2. The molecule has 0 saturated heterocycles. The number of amides is 2. The predicted molar refractivity (Wildman–Crippen MR) is 76.4 cm³/mol. The van der Waals surface area contributed by atoms with E-state index in [-0.39, 0.29) is 11.8 Å².